The number of nitrogens with two attached hydrogens (primary N) is 1. The summed E-state index contributed by atoms with van der Waals surface area (Å²) in [6.45, 7) is 10.0. The molecule has 0 amide bonds. The smallest absolute Gasteiger partial charge is 0.342 e. The number of carbonyl (C=O) groups is 1. The number of anilines is 2. The van der Waals surface area contributed by atoms with Gasteiger partial charge in [-0.1, -0.05) is 12.1 Å². The van der Waals surface area contributed by atoms with E-state index >= 15 is 0 Å². The van der Waals surface area contributed by atoms with Gasteiger partial charge < -0.3 is 15.4 Å². The highest BCUT2D eigenvalue weighted by molar-refractivity contribution is 5.96. The number of ether oxygens (including phenoxy) is 1. The molecule has 0 radical (unpaired) electrons. The van der Waals surface area contributed by atoms with Crippen molar-refractivity contribution in [3.63, 3.8) is 0 Å². The van der Waals surface area contributed by atoms with Crippen molar-refractivity contribution in [2.24, 2.45) is 0 Å². The number of nitrogen functional groups attached to an aromatic ring is 1. The number of nitrogens with zero attached hydrogens (tertiary/aromatic N) is 3. The van der Waals surface area contributed by atoms with Crippen molar-refractivity contribution < 1.29 is 9.53 Å². The van der Waals surface area contributed by atoms with Crippen LogP contribution in [0.5, 0.6) is 0 Å². The lowest BCUT2D eigenvalue weighted by Gasteiger charge is -2.36. The van der Waals surface area contributed by atoms with Crippen molar-refractivity contribution in [1.82, 2.24) is 9.88 Å². The van der Waals surface area contributed by atoms with Gasteiger partial charge in [-0.2, -0.15) is 0 Å². The van der Waals surface area contributed by atoms with E-state index in [1.54, 1.807) is 6.20 Å². The largest absolute Gasteiger partial charge is 0.459 e. The molecule has 0 aliphatic carbocycles. The molecule has 1 aliphatic heterocycles. The van der Waals surface area contributed by atoms with Gasteiger partial charge in [-0.3, -0.25) is 4.90 Å². The normalized spacial score (nSPS) is 15.2. The SMILES string of the molecule is Cc1ccnc(N2CCN(Cc3ccc(N)cc3)CC2)c1C(=O)OC(C)C. The highest BCUT2D eigenvalue weighted by Gasteiger charge is 2.25. The van der Waals surface area contributed by atoms with Gasteiger partial charge in [0.25, 0.3) is 0 Å². The molecule has 6 nitrogen and oxygen atoms in total. The molecule has 2 aromatic rings. The molecule has 1 aromatic heterocycles. The Hall–Kier alpha value is -2.60. The van der Waals surface area contributed by atoms with Gasteiger partial charge in [-0.15, -0.1) is 0 Å². The first-order valence-electron chi connectivity index (χ1n) is 9.42. The molecule has 3 rings (SSSR count). The van der Waals surface area contributed by atoms with Crippen LogP contribution in [-0.2, 0) is 11.3 Å². The molecule has 0 spiro atoms. The maximum Gasteiger partial charge on any atom is 0.342 e. The number of aryl methyl sites for hydroxylation is 1. The number of rotatable bonds is 5. The molecule has 1 fully saturated rings. The topological polar surface area (TPSA) is 71.7 Å². The van der Waals surface area contributed by atoms with Crippen molar-refractivity contribution >= 4 is 17.5 Å². The first-order valence-corrected chi connectivity index (χ1v) is 9.42. The van der Waals surface area contributed by atoms with Crippen molar-refractivity contribution in [1.29, 1.82) is 0 Å². The predicted octanol–water partition coefficient (Wildman–Crippen LogP) is 2.86. The summed E-state index contributed by atoms with van der Waals surface area (Å²) < 4.78 is 5.43. The van der Waals surface area contributed by atoms with Crippen LogP contribution in [0.4, 0.5) is 11.5 Å². The number of piperazine rings is 1. The lowest BCUT2D eigenvalue weighted by Crippen LogP contribution is -2.46. The highest BCUT2D eigenvalue weighted by Crippen LogP contribution is 2.24. The summed E-state index contributed by atoms with van der Waals surface area (Å²) in [7, 11) is 0. The fraction of sp³-hybridized carbons (Fsp3) is 0.429. The Morgan fingerprint density at radius 3 is 2.44 bits per heavy atom. The number of hydrogen-bond acceptors (Lipinski definition) is 6. The molecular weight excluding hydrogens is 340 g/mol. The molecule has 0 unspecified atom stereocenters. The van der Waals surface area contributed by atoms with E-state index in [2.05, 4.69) is 26.9 Å². The van der Waals surface area contributed by atoms with Crippen molar-refractivity contribution in [3.05, 3.63) is 53.2 Å². The van der Waals surface area contributed by atoms with Crippen molar-refractivity contribution in [2.75, 3.05) is 36.8 Å². The van der Waals surface area contributed by atoms with Crippen LogP contribution in [0.15, 0.2) is 36.5 Å². The minimum absolute atomic E-state index is 0.151. The quantitative estimate of drug-likeness (QED) is 0.646. The standard InChI is InChI=1S/C21H28N4O2/c1-15(2)27-21(26)19-16(3)8-9-23-20(19)25-12-10-24(11-13-25)14-17-4-6-18(22)7-5-17/h4-9,15H,10-14,22H2,1-3H3. The fourth-order valence-corrected chi connectivity index (χ4v) is 3.31. The van der Waals surface area contributed by atoms with E-state index in [-0.39, 0.29) is 12.1 Å². The summed E-state index contributed by atoms with van der Waals surface area (Å²) in [5.74, 6) is 0.433. The van der Waals surface area contributed by atoms with Crippen LogP contribution in [0.25, 0.3) is 0 Å². The minimum Gasteiger partial charge on any atom is -0.459 e. The van der Waals surface area contributed by atoms with Crippen molar-refractivity contribution in [2.45, 2.75) is 33.4 Å². The second-order valence-corrected chi connectivity index (χ2v) is 7.29. The highest BCUT2D eigenvalue weighted by atomic mass is 16.5. The molecular formula is C21H28N4O2. The zero-order chi connectivity index (χ0) is 19.4. The molecule has 1 saturated heterocycles. The Morgan fingerprint density at radius 2 is 1.81 bits per heavy atom. The summed E-state index contributed by atoms with van der Waals surface area (Å²) >= 11 is 0. The molecule has 0 saturated carbocycles. The van der Waals surface area contributed by atoms with Gasteiger partial charge in [0.15, 0.2) is 0 Å². The molecule has 27 heavy (non-hydrogen) atoms. The van der Waals surface area contributed by atoms with Crippen molar-refractivity contribution in [3.8, 4) is 0 Å². The molecule has 2 N–H and O–H groups in total. The van der Waals surface area contributed by atoms with Crippen LogP contribution < -0.4 is 10.6 Å². The summed E-state index contributed by atoms with van der Waals surface area (Å²) in [5.41, 5.74) is 9.28. The van der Waals surface area contributed by atoms with Crippen LogP contribution in [0.1, 0.15) is 35.3 Å². The third kappa shape index (κ3) is 4.77. The van der Waals surface area contributed by atoms with Gasteiger partial charge in [0, 0.05) is 44.6 Å². The van der Waals surface area contributed by atoms with Gasteiger partial charge in [-0.05, 0) is 50.1 Å². The lowest BCUT2D eigenvalue weighted by molar-refractivity contribution is 0.0377. The molecule has 1 aliphatic rings. The zero-order valence-electron chi connectivity index (χ0n) is 16.3. The van der Waals surface area contributed by atoms with E-state index in [4.69, 9.17) is 10.5 Å². The second-order valence-electron chi connectivity index (χ2n) is 7.29. The number of aromatic nitrogens is 1. The van der Waals surface area contributed by atoms with Gasteiger partial charge >= 0.3 is 5.97 Å². The molecule has 0 atom stereocenters. The summed E-state index contributed by atoms with van der Waals surface area (Å²) in [6.07, 6.45) is 1.61. The number of pyridine rings is 1. The maximum absolute atomic E-state index is 12.6. The second kappa shape index (κ2) is 8.39. The molecule has 1 aromatic carbocycles. The van der Waals surface area contributed by atoms with Gasteiger partial charge in [0.2, 0.25) is 0 Å². The average molecular weight is 368 g/mol. The Bertz CT molecular complexity index is 781. The van der Waals surface area contributed by atoms with Gasteiger partial charge in [0.1, 0.15) is 11.4 Å². The summed E-state index contributed by atoms with van der Waals surface area (Å²) in [4.78, 5) is 21.7. The predicted molar refractivity (Wildman–Crippen MR) is 108 cm³/mol. The maximum atomic E-state index is 12.6. The van der Waals surface area contributed by atoms with E-state index in [1.165, 1.54) is 5.56 Å². The summed E-state index contributed by atoms with van der Waals surface area (Å²) in [6, 6.07) is 9.88. The molecule has 6 heteroatoms. The first kappa shape index (κ1) is 19.2. The van der Waals surface area contributed by atoms with Crippen LogP contribution in [0.2, 0.25) is 0 Å². The Labute approximate surface area is 160 Å². The fourth-order valence-electron chi connectivity index (χ4n) is 3.31. The van der Waals surface area contributed by atoms with Gasteiger partial charge in [0.05, 0.1) is 6.10 Å². The summed E-state index contributed by atoms with van der Waals surface area (Å²) in [5, 5.41) is 0. The Morgan fingerprint density at radius 1 is 1.15 bits per heavy atom. The number of benzene rings is 1. The van der Waals surface area contributed by atoms with E-state index in [0.717, 1.165) is 49.8 Å². The average Bonchev–Trinajstić information content (AvgIpc) is 2.63. The number of hydrogen-bond donors (Lipinski definition) is 1. The minimum atomic E-state index is -0.296. The number of carbonyl (C=O) groups excluding carboxylic acids is 1. The Kier molecular flexibility index (Phi) is 5.96. The first-order chi connectivity index (χ1) is 12.9. The van der Waals surface area contributed by atoms with E-state index in [0.29, 0.717) is 5.56 Å². The molecule has 2 heterocycles. The van der Waals surface area contributed by atoms with Gasteiger partial charge in [-0.25, -0.2) is 9.78 Å². The van der Waals surface area contributed by atoms with E-state index in [9.17, 15) is 4.79 Å². The zero-order valence-corrected chi connectivity index (χ0v) is 16.3. The van der Waals surface area contributed by atoms with Crippen LogP contribution in [0.3, 0.4) is 0 Å². The molecule has 144 valence electrons. The van der Waals surface area contributed by atoms with Crippen LogP contribution in [-0.4, -0.2) is 48.1 Å². The third-order valence-electron chi connectivity index (χ3n) is 4.74. The lowest BCUT2D eigenvalue weighted by atomic mass is 10.1. The molecule has 0 bridgehead atoms. The number of esters is 1. The van der Waals surface area contributed by atoms with E-state index in [1.807, 2.05) is 39.0 Å². The third-order valence-corrected chi connectivity index (χ3v) is 4.74. The van der Waals surface area contributed by atoms with Crippen LogP contribution in [0, 0.1) is 6.92 Å². The Balaban J connectivity index is 1.68. The van der Waals surface area contributed by atoms with E-state index < -0.39 is 0 Å². The monoisotopic (exact) mass is 368 g/mol. The van der Waals surface area contributed by atoms with Crippen LogP contribution >= 0.6 is 0 Å².